The molecule has 204 valence electrons. The highest BCUT2D eigenvalue weighted by molar-refractivity contribution is 7.83. The van der Waals surface area contributed by atoms with Crippen LogP contribution in [-0.2, 0) is 35.8 Å². The van der Waals surface area contributed by atoms with Crippen LogP contribution in [0.25, 0.3) is 0 Å². The van der Waals surface area contributed by atoms with E-state index in [1.54, 1.807) is 6.20 Å². The Kier molecular flexibility index (Phi) is 8.58. The quantitative estimate of drug-likeness (QED) is 0.351. The van der Waals surface area contributed by atoms with Crippen LogP contribution >= 0.6 is 0 Å². The van der Waals surface area contributed by atoms with Crippen LogP contribution in [0.15, 0.2) is 89.6 Å². The minimum Gasteiger partial charge on any atom is -0.337 e. The smallest absolute Gasteiger partial charge is 0.228 e. The number of nitrogens with one attached hydrogen (secondary N) is 1. The van der Waals surface area contributed by atoms with Gasteiger partial charge in [0.15, 0.2) is 0 Å². The average molecular weight is 543 g/mol. The molecule has 39 heavy (non-hydrogen) atoms. The van der Waals surface area contributed by atoms with Crippen LogP contribution < -0.4 is 9.62 Å². The molecule has 5 rings (SSSR count). The van der Waals surface area contributed by atoms with Crippen molar-refractivity contribution in [2.75, 3.05) is 4.90 Å². The summed E-state index contributed by atoms with van der Waals surface area (Å²) in [5, 5.41) is 0. The SMILES string of the molecule is CC1C=CC([C@@H](C)CC(=O)N(Cc2nccn2C)c2ccc3c(c2)[C@H](NS(=O)c2ccccc2)CCC3)=CC1. The maximum atomic E-state index is 13.9. The molecule has 7 heteroatoms. The largest absolute Gasteiger partial charge is 0.337 e. The maximum Gasteiger partial charge on any atom is 0.228 e. The second-order valence-electron chi connectivity index (χ2n) is 10.8. The molecule has 0 radical (unpaired) electrons. The van der Waals surface area contributed by atoms with Crippen molar-refractivity contribution in [3.8, 4) is 0 Å². The summed E-state index contributed by atoms with van der Waals surface area (Å²) in [6, 6.07) is 15.8. The van der Waals surface area contributed by atoms with Gasteiger partial charge in [-0.15, -0.1) is 0 Å². The Morgan fingerprint density at radius 1 is 1.23 bits per heavy atom. The summed E-state index contributed by atoms with van der Waals surface area (Å²) in [4.78, 5) is 21.0. The Hall–Kier alpha value is -3.29. The molecule has 2 aliphatic rings. The van der Waals surface area contributed by atoms with Gasteiger partial charge in [-0.1, -0.05) is 56.3 Å². The number of allylic oxidation sites excluding steroid dienone is 4. The number of fused-ring (bicyclic) bond motifs is 1. The number of carbonyl (C=O) groups excluding carboxylic acids is 1. The topological polar surface area (TPSA) is 67.2 Å². The van der Waals surface area contributed by atoms with E-state index in [1.165, 1.54) is 11.1 Å². The van der Waals surface area contributed by atoms with E-state index < -0.39 is 11.0 Å². The molecular weight excluding hydrogens is 504 g/mol. The van der Waals surface area contributed by atoms with Crippen LogP contribution in [0.2, 0.25) is 0 Å². The first-order valence-electron chi connectivity index (χ1n) is 13.9. The Balaban J connectivity index is 1.42. The molecule has 1 heterocycles. The third kappa shape index (κ3) is 6.48. The second kappa shape index (κ2) is 12.3. The number of hydrogen-bond donors (Lipinski definition) is 1. The summed E-state index contributed by atoms with van der Waals surface area (Å²) in [6.45, 7) is 4.74. The second-order valence-corrected chi connectivity index (χ2v) is 12.1. The van der Waals surface area contributed by atoms with Crippen molar-refractivity contribution >= 4 is 22.6 Å². The number of aromatic nitrogens is 2. The van der Waals surface area contributed by atoms with Gasteiger partial charge in [0, 0.05) is 37.6 Å². The molecule has 2 unspecified atom stereocenters. The number of carbonyl (C=O) groups is 1. The highest BCUT2D eigenvalue weighted by Gasteiger charge is 2.26. The lowest BCUT2D eigenvalue weighted by atomic mass is 9.87. The summed E-state index contributed by atoms with van der Waals surface area (Å²) in [5.41, 5.74) is 4.46. The monoisotopic (exact) mass is 542 g/mol. The number of aryl methyl sites for hydroxylation is 2. The van der Waals surface area contributed by atoms with Gasteiger partial charge in [0.2, 0.25) is 5.91 Å². The predicted molar refractivity (Wildman–Crippen MR) is 157 cm³/mol. The first-order valence-corrected chi connectivity index (χ1v) is 15.0. The molecule has 1 N–H and O–H groups in total. The first-order chi connectivity index (χ1) is 18.9. The van der Waals surface area contributed by atoms with Gasteiger partial charge in [0.05, 0.1) is 11.4 Å². The summed E-state index contributed by atoms with van der Waals surface area (Å²) in [7, 11) is 0.643. The van der Waals surface area contributed by atoms with Crippen molar-refractivity contribution in [2.24, 2.45) is 18.9 Å². The summed E-state index contributed by atoms with van der Waals surface area (Å²) in [5.74, 6) is 1.58. The highest BCUT2D eigenvalue weighted by atomic mass is 32.2. The average Bonchev–Trinajstić information content (AvgIpc) is 3.36. The summed E-state index contributed by atoms with van der Waals surface area (Å²) < 4.78 is 18.4. The fraction of sp³-hybridized carbons (Fsp3) is 0.375. The van der Waals surface area contributed by atoms with Crippen molar-refractivity contribution in [1.29, 1.82) is 0 Å². The zero-order valence-corrected chi connectivity index (χ0v) is 23.9. The Bertz CT molecular complexity index is 1390. The van der Waals surface area contributed by atoms with Gasteiger partial charge in [0.1, 0.15) is 16.8 Å². The van der Waals surface area contributed by atoms with Crippen LogP contribution in [0.4, 0.5) is 5.69 Å². The maximum absolute atomic E-state index is 13.9. The van der Waals surface area contributed by atoms with Gasteiger partial charge in [0.25, 0.3) is 0 Å². The summed E-state index contributed by atoms with van der Waals surface area (Å²) in [6.07, 6.45) is 14.7. The lowest BCUT2D eigenvalue weighted by Gasteiger charge is -2.30. The number of hydrogen-bond acceptors (Lipinski definition) is 3. The number of imidazole rings is 1. The zero-order chi connectivity index (χ0) is 27.4. The van der Waals surface area contributed by atoms with E-state index in [9.17, 15) is 9.00 Å². The molecule has 2 aromatic carbocycles. The zero-order valence-electron chi connectivity index (χ0n) is 23.0. The lowest BCUT2D eigenvalue weighted by molar-refractivity contribution is -0.119. The summed E-state index contributed by atoms with van der Waals surface area (Å²) >= 11 is 0. The molecule has 0 aliphatic heterocycles. The number of benzene rings is 2. The van der Waals surface area contributed by atoms with E-state index in [0.29, 0.717) is 18.9 Å². The molecular formula is C32H38N4O2S. The van der Waals surface area contributed by atoms with Gasteiger partial charge >= 0.3 is 0 Å². The molecule has 0 saturated carbocycles. The van der Waals surface area contributed by atoms with Gasteiger partial charge in [-0.2, -0.15) is 0 Å². The van der Waals surface area contributed by atoms with Crippen molar-refractivity contribution < 1.29 is 9.00 Å². The third-order valence-corrected chi connectivity index (χ3v) is 9.07. The van der Waals surface area contributed by atoms with Crippen molar-refractivity contribution in [2.45, 2.75) is 63.4 Å². The molecule has 2 aliphatic carbocycles. The van der Waals surface area contributed by atoms with Gasteiger partial charge < -0.3 is 9.47 Å². The van der Waals surface area contributed by atoms with Crippen molar-refractivity contribution in [3.63, 3.8) is 0 Å². The van der Waals surface area contributed by atoms with Gasteiger partial charge in [-0.25, -0.2) is 13.9 Å². The van der Waals surface area contributed by atoms with Crippen LogP contribution in [0.3, 0.4) is 0 Å². The molecule has 4 atom stereocenters. The molecule has 0 fully saturated rings. The highest BCUT2D eigenvalue weighted by Crippen LogP contribution is 2.34. The van der Waals surface area contributed by atoms with E-state index in [1.807, 2.05) is 53.0 Å². The molecule has 3 aromatic rings. The third-order valence-electron chi connectivity index (χ3n) is 7.88. The molecule has 1 amide bonds. The molecule has 6 nitrogen and oxygen atoms in total. The fourth-order valence-corrected chi connectivity index (χ4v) is 6.47. The van der Waals surface area contributed by atoms with Crippen LogP contribution in [0.1, 0.15) is 62.5 Å². The van der Waals surface area contributed by atoms with E-state index in [0.717, 1.165) is 47.7 Å². The van der Waals surface area contributed by atoms with E-state index >= 15 is 0 Å². The molecule has 0 bridgehead atoms. The van der Waals surface area contributed by atoms with Gasteiger partial charge in [-0.05, 0) is 78.5 Å². The first kappa shape index (κ1) is 27.3. The van der Waals surface area contributed by atoms with E-state index in [2.05, 4.69) is 60.0 Å². The van der Waals surface area contributed by atoms with E-state index in [4.69, 9.17) is 0 Å². The molecule has 0 saturated heterocycles. The number of nitrogens with zero attached hydrogens (tertiary/aromatic N) is 3. The predicted octanol–water partition coefficient (Wildman–Crippen LogP) is 6.19. The fourth-order valence-electron chi connectivity index (χ4n) is 5.43. The Labute approximate surface area is 234 Å². The van der Waals surface area contributed by atoms with Crippen LogP contribution in [-0.4, -0.2) is 19.7 Å². The van der Waals surface area contributed by atoms with Crippen molar-refractivity contribution in [3.05, 3.63) is 102 Å². The normalized spacial score (nSPS) is 20.1. The van der Waals surface area contributed by atoms with Crippen molar-refractivity contribution in [1.82, 2.24) is 14.3 Å². The minimum atomic E-state index is -1.31. The minimum absolute atomic E-state index is 0.0432. The lowest BCUT2D eigenvalue weighted by Crippen LogP contribution is -2.33. The number of anilines is 1. The Morgan fingerprint density at radius 3 is 2.77 bits per heavy atom. The number of amides is 1. The van der Waals surface area contributed by atoms with E-state index in [-0.39, 0.29) is 17.9 Å². The molecule has 1 aromatic heterocycles. The van der Waals surface area contributed by atoms with Gasteiger partial charge in [-0.3, -0.25) is 4.79 Å². The standard InChI is InChI=1S/C32H38N4O2S/c1-23-12-14-25(15-13-23)24(2)20-32(37)36(22-31-33-18-19-35(31)3)27-17-16-26-8-7-11-30(29(26)21-27)34-39(38)28-9-5-4-6-10-28/h4-6,9-10,12,14-19,21,23-24,30,34H,7-8,11,13,20,22H2,1-3H3/t23?,24-,30+,39?/m0/s1. The molecule has 0 spiro atoms. The Morgan fingerprint density at radius 2 is 2.05 bits per heavy atom. The number of rotatable bonds is 9. The van der Waals surface area contributed by atoms with Crippen LogP contribution in [0.5, 0.6) is 0 Å². The van der Waals surface area contributed by atoms with Crippen LogP contribution in [0, 0.1) is 11.8 Å².